The molecule has 27 heavy (non-hydrogen) atoms. The average Bonchev–Trinajstić information content (AvgIpc) is 3.02. The van der Waals surface area contributed by atoms with Crippen LogP contribution in [-0.2, 0) is 6.18 Å². The Balaban J connectivity index is 1.97. The molecule has 2 aromatic rings. The fourth-order valence-corrected chi connectivity index (χ4v) is 2.47. The largest absolute Gasteiger partial charge is 0.455 e. The maximum absolute atomic E-state index is 12.7. The summed E-state index contributed by atoms with van der Waals surface area (Å²) in [6.45, 7) is 1.49. The Bertz CT molecular complexity index is 821. The second-order valence-corrected chi connectivity index (χ2v) is 6.64. The van der Waals surface area contributed by atoms with Gasteiger partial charge in [-0.3, -0.25) is 5.43 Å². The molecule has 0 atom stereocenters. The van der Waals surface area contributed by atoms with Gasteiger partial charge < -0.3 is 14.6 Å². The molecular weight excluding hydrogens is 401 g/mol. The van der Waals surface area contributed by atoms with Gasteiger partial charge in [-0.25, -0.2) is 0 Å². The van der Waals surface area contributed by atoms with Crippen LogP contribution in [0.3, 0.4) is 0 Å². The van der Waals surface area contributed by atoms with Gasteiger partial charge in [0.1, 0.15) is 11.5 Å². The predicted molar refractivity (Wildman–Crippen MR) is 104 cm³/mol. The van der Waals surface area contributed by atoms with Crippen LogP contribution in [0.15, 0.2) is 39.9 Å². The zero-order valence-corrected chi connectivity index (χ0v) is 16.2. The summed E-state index contributed by atoms with van der Waals surface area (Å²) in [7, 11) is 3.90. The fraction of sp³-hybridized carbons (Fsp3) is 0.294. The molecule has 1 heterocycles. The molecule has 0 aliphatic rings. The number of benzene rings is 1. The number of rotatable bonds is 6. The quantitative estimate of drug-likeness (QED) is 0.422. The molecule has 146 valence electrons. The van der Waals surface area contributed by atoms with Gasteiger partial charge in [-0.2, -0.15) is 18.3 Å². The highest BCUT2D eigenvalue weighted by atomic mass is 35.5. The Morgan fingerprint density at radius 2 is 2.04 bits per heavy atom. The van der Waals surface area contributed by atoms with Crippen molar-refractivity contribution in [2.75, 3.05) is 27.2 Å². The van der Waals surface area contributed by atoms with Crippen molar-refractivity contribution in [3.63, 3.8) is 0 Å². The third kappa shape index (κ3) is 6.53. The Hall–Kier alpha value is -2.10. The van der Waals surface area contributed by atoms with E-state index in [0.29, 0.717) is 28.7 Å². The first-order valence-corrected chi connectivity index (χ1v) is 8.64. The van der Waals surface area contributed by atoms with Crippen molar-refractivity contribution in [2.45, 2.75) is 6.18 Å². The van der Waals surface area contributed by atoms with Gasteiger partial charge in [0.2, 0.25) is 0 Å². The number of furan rings is 1. The number of halogens is 4. The number of nitrogens with one attached hydrogen (secondary N) is 2. The third-order valence-electron chi connectivity index (χ3n) is 3.39. The molecular formula is C17H18ClF3N4OS. The molecule has 0 spiro atoms. The van der Waals surface area contributed by atoms with Gasteiger partial charge in [0.25, 0.3) is 0 Å². The van der Waals surface area contributed by atoms with E-state index >= 15 is 0 Å². The maximum Gasteiger partial charge on any atom is 0.416 e. The minimum atomic E-state index is -4.45. The van der Waals surface area contributed by atoms with Gasteiger partial charge in [-0.1, -0.05) is 11.6 Å². The van der Waals surface area contributed by atoms with E-state index in [1.807, 2.05) is 19.0 Å². The van der Waals surface area contributed by atoms with Crippen molar-refractivity contribution in [3.8, 4) is 11.3 Å². The van der Waals surface area contributed by atoms with Gasteiger partial charge in [0.15, 0.2) is 5.11 Å². The monoisotopic (exact) mass is 418 g/mol. The first-order chi connectivity index (χ1) is 12.7. The van der Waals surface area contributed by atoms with E-state index in [2.05, 4.69) is 15.8 Å². The number of hydrogen-bond acceptors (Lipinski definition) is 4. The first kappa shape index (κ1) is 21.2. The van der Waals surface area contributed by atoms with Crippen LogP contribution in [0.1, 0.15) is 11.3 Å². The molecule has 0 aliphatic heterocycles. The van der Waals surface area contributed by atoms with E-state index in [-0.39, 0.29) is 5.02 Å². The van der Waals surface area contributed by atoms with Gasteiger partial charge in [0, 0.05) is 18.7 Å². The molecule has 5 nitrogen and oxygen atoms in total. The van der Waals surface area contributed by atoms with E-state index in [0.717, 1.165) is 18.7 Å². The second kappa shape index (κ2) is 9.20. The second-order valence-electron chi connectivity index (χ2n) is 5.82. The van der Waals surface area contributed by atoms with Crippen molar-refractivity contribution < 1.29 is 17.6 Å². The van der Waals surface area contributed by atoms with Gasteiger partial charge in [0.05, 0.1) is 16.8 Å². The molecule has 0 aliphatic carbocycles. The Labute approximate surface area is 165 Å². The van der Waals surface area contributed by atoms with Crippen LogP contribution in [-0.4, -0.2) is 43.4 Å². The Morgan fingerprint density at radius 3 is 2.67 bits per heavy atom. The molecule has 1 aromatic carbocycles. The van der Waals surface area contributed by atoms with Crippen molar-refractivity contribution in [1.29, 1.82) is 0 Å². The van der Waals surface area contributed by atoms with Crippen LogP contribution in [0.5, 0.6) is 0 Å². The molecule has 0 radical (unpaired) electrons. The van der Waals surface area contributed by atoms with Crippen molar-refractivity contribution in [2.24, 2.45) is 5.10 Å². The SMILES string of the molecule is CN(C)CCNC(=S)N/N=C/c1ccc(-c2ccc(C(F)(F)F)cc2Cl)o1. The fourth-order valence-electron chi connectivity index (χ4n) is 2.05. The smallest absolute Gasteiger partial charge is 0.416 e. The van der Waals surface area contributed by atoms with Crippen LogP contribution < -0.4 is 10.7 Å². The summed E-state index contributed by atoms with van der Waals surface area (Å²) in [5.41, 5.74) is 2.19. The van der Waals surface area contributed by atoms with E-state index in [1.54, 1.807) is 12.1 Å². The summed E-state index contributed by atoms with van der Waals surface area (Å²) in [5, 5.41) is 7.25. The topological polar surface area (TPSA) is 52.8 Å². The number of alkyl halides is 3. The molecule has 0 amide bonds. The first-order valence-electron chi connectivity index (χ1n) is 7.85. The number of hydrogen-bond donors (Lipinski definition) is 2. The van der Waals surface area contributed by atoms with E-state index in [9.17, 15) is 13.2 Å². The Kier molecular flexibility index (Phi) is 7.23. The van der Waals surface area contributed by atoms with E-state index < -0.39 is 11.7 Å². The molecule has 0 bridgehead atoms. The molecule has 2 N–H and O–H groups in total. The third-order valence-corrected chi connectivity index (χ3v) is 3.94. The minimum Gasteiger partial charge on any atom is -0.455 e. The lowest BCUT2D eigenvalue weighted by atomic mass is 10.1. The Morgan fingerprint density at radius 1 is 1.30 bits per heavy atom. The molecule has 0 saturated heterocycles. The number of hydrazone groups is 1. The summed E-state index contributed by atoms with van der Waals surface area (Å²) >= 11 is 11.0. The minimum absolute atomic E-state index is 0.0490. The van der Waals surface area contributed by atoms with E-state index in [1.165, 1.54) is 12.3 Å². The van der Waals surface area contributed by atoms with Crippen molar-refractivity contribution >= 4 is 35.1 Å². The maximum atomic E-state index is 12.7. The van der Waals surface area contributed by atoms with Gasteiger partial charge in [-0.15, -0.1) is 0 Å². The lowest BCUT2D eigenvalue weighted by molar-refractivity contribution is -0.137. The zero-order valence-electron chi connectivity index (χ0n) is 14.6. The highest BCUT2D eigenvalue weighted by Gasteiger charge is 2.31. The van der Waals surface area contributed by atoms with Crippen LogP contribution in [0, 0.1) is 0 Å². The summed E-state index contributed by atoms with van der Waals surface area (Å²) in [6.07, 6.45) is -3.05. The van der Waals surface area contributed by atoms with Crippen molar-refractivity contribution in [3.05, 3.63) is 46.7 Å². The highest BCUT2D eigenvalue weighted by Crippen LogP contribution is 2.35. The summed E-state index contributed by atoms with van der Waals surface area (Å²) in [5.74, 6) is 0.728. The van der Waals surface area contributed by atoms with Gasteiger partial charge >= 0.3 is 6.18 Å². The molecule has 2 rings (SSSR count). The summed E-state index contributed by atoms with van der Waals surface area (Å²) < 4.78 is 43.7. The summed E-state index contributed by atoms with van der Waals surface area (Å²) in [4.78, 5) is 2.01. The van der Waals surface area contributed by atoms with Gasteiger partial charge in [-0.05, 0) is 56.6 Å². The molecule has 1 aromatic heterocycles. The lowest BCUT2D eigenvalue weighted by Crippen LogP contribution is -2.36. The van der Waals surface area contributed by atoms with Crippen LogP contribution in [0.2, 0.25) is 5.02 Å². The lowest BCUT2D eigenvalue weighted by Gasteiger charge is -2.11. The molecule has 0 fully saturated rings. The van der Waals surface area contributed by atoms with Crippen LogP contribution in [0.4, 0.5) is 13.2 Å². The number of nitrogens with zero attached hydrogens (tertiary/aromatic N) is 2. The highest BCUT2D eigenvalue weighted by molar-refractivity contribution is 7.80. The number of likely N-dealkylation sites (N-methyl/N-ethyl adjacent to an activating group) is 1. The van der Waals surface area contributed by atoms with E-state index in [4.69, 9.17) is 28.2 Å². The molecule has 0 unspecified atom stereocenters. The average molecular weight is 419 g/mol. The zero-order chi connectivity index (χ0) is 20.0. The van der Waals surface area contributed by atoms with Crippen LogP contribution in [0.25, 0.3) is 11.3 Å². The van der Waals surface area contributed by atoms with Crippen molar-refractivity contribution in [1.82, 2.24) is 15.6 Å². The molecule has 10 heteroatoms. The normalized spacial score (nSPS) is 12.0. The number of thiocarbonyl (C=S) groups is 1. The standard InChI is InChI=1S/C17H18ClF3N4OS/c1-25(2)8-7-22-16(27)24-23-10-12-4-6-15(26-12)13-5-3-11(9-14(13)18)17(19,20)21/h3-6,9-10H,7-8H2,1-2H3,(H2,22,24,27)/b23-10+. The molecule has 0 saturated carbocycles. The summed E-state index contributed by atoms with van der Waals surface area (Å²) in [6, 6.07) is 6.32. The van der Waals surface area contributed by atoms with Crippen LogP contribution >= 0.6 is 23.8 Å². The predicted octanol–water partition coefficient (Wildman–Crippen LogP) is 3.98.